The zero-order valence-corrected chi connectivity index (χ0v) is 12.1. The second-order valence-electron chi connectivity index (χ2n) is 5.09. The number of dihydropyridines is 1. The zero-order valence-electron chi connectivity index (χ0n) is 12.1. The topological polar surface area (TPSA) is 92.2 Å². The maximum absolute atomic E-state index is 9.47. The van der Waals surface area contributed by atoms with E-state index < -0.39 is 5.92 Å². The summed E-state index contributed by atoms with van der Waals surface area (Å²) in [6, 6.07) is 5.65. The first-order chi connectivity index (χ1) is 10.6. The maximum atomic E-state index is 9.47. The number of nitrogens with zero attached hydrogens (tertiary/aromatic N) is 3. The molecule has 2 aromatic rings. The van der Waals surface area contributed by atoms with Crippen LogP contribution < -0.4 is 11.1 Å². The third-order valence-corrected chi connectivity index (χ3v) is 3.75. The molecule has 2 aromatic heterocycles. The summed E-state index contributed by atoms with van der Waals surface area (Å²) >= 11 is 0. The largest absolute Gasteiger partial charge is 0.461 e. The molecule has 108 valence electrons. The molecule has 3 heterocycles. The minimum Gasteiger partial charge on any atom is -0.461 e. The molecule has 3 rings (SSSR count). The summed E-state index contributed by atoms with van der Waals surface area (Å²) in [5.41, 5.74) is 8.83. The van der Waals surface area contributed by atoms with E-state index in [0.717, 1.165) is 11.4 Å². The van der Waals surface area contributed by atoms with Gasteiger partial charge in [0, 0.05) is 17.6 Å². The van der Waals surface area contributed by atoms with Gasteiger partial charge in [0.1, 0.15) is 17.2 Å². The molecule has 1 aliphatic heterocycles. The van der Waals surface area contributed by atoms with Gasteiger partial charge in [-0.2, -0.15) is 5.26 Å². The molecule has 1 atom stereocenters. The average Bonchev–Trinajstić information content (AvgIpc) is 2.92. The van der Waals surface area contributed by atoms with E-state index in [4.69, 9.17) is 16.7 Å². The molecule has 0 radical (unpaired) electrons. The SMILES string of the molecule is [C-]#[N+]C1=C(C)NC(C)=C(C#N)C1c1cc2c(N)nccc2o1. The molecule has 0 bridgehead atoms. The first kappa shape index (κ1) is 13.7. The fourth-order valence-electron chi connectivity index (χ4n) is 2.70. The van der Waals surface area contributed by atoms with Gasteiger partial charge in [-0.25, -0.2) is 9.83 Å². The minimum atomic E-state index is -0.518. The summed E-state index contributed by atoms with van der Waals surface area (Å²) < 4.78 is 5.84. The van der Waals surface area contributed by atoms with E-state index in [1.54, 1.807) is 18.3 Å². The fourth-order valence-corrected chi connectivity index (χ4v) is 2.70. The van der Waals surface area contributed by atoms with Gasteiger partial charge in [-0.15, -0.1) is 0 Å². The monoisotopic (exact) mass is 291 g/mol. The Morgan fingerprint density at radius 1 is 1.45 bits per heavy atom. The highest BCUT2D eigenvalue weighted by Crippen LogP contribution is 2.40. The standard InChI is InChI=1S/C16H13N5O/c1-8-11(7-17)14(15(19-3)9(2)21-8)13-6-10-12(22-13)4-5-20-16(10)18/h4-6,14,21H,1-2H3,(H2,18,20). The second kappa shape index (κ2) is 4.94. The summed E-state index contributed by atoms with van der Waals surface area (Å²) in [5, 5.41) is 13.2. The van der Waals surface area contributed by atoms with Crippen molar-refractivity contribution < 1.29 is 4.42 Å². The summed E-state index contributed by atoms with van der Waals surface area (Å²) in [6.45, 7) is 11.1. The van der Waals surface area contributed by atoms with Crippen LogP contribution in [0.3, 0.4) is 0 Å². The molecule has 0 aromatic carbocycles. The number of nitrogen functional groups attached to an aromatic ring is 1. The van der Waals surface area contributed by atoms with Crippen LogP contribution in [0.2, 0.25) is 0 Å². The van der Waals surface area contributed by atoms with Crippen LogP contribution in [0, 0.1) is 17.9 Å². The Hall–Kier alpha value is -3.25. The van der Waals surface area contributed by atoms with Crippen LogP contribution in [0.4, 0.5) is 5.82 Å². The molecule has 3 N–H and O–H groups in total. The lowest BCUT2D eigenvalue weighted by Gasteiger charge is -2.24. The van der Waals surface area contributed by atoms with Gasteiger partial charge in [-0.05, 0) is 26.0 Å². The lowest BCUT2D eigenvalue weighted by Crippen LogP contribution is -2.22. The summed E-state index contributed by atoms with van der Waals surface area (Å²) in [6.07, 6.45) is 1.57. The van der Waals surface area contributed by atoms with Gasteiger partial charge in [0.05, 0.1) is 29.5 Å². The van der Waals surface area contributed by atoms with Crippen molar-refractivity contribution in [3.05, 3.63) is 58.2 Å². The molecule has 6 nitrogen and oxygen atoms in total. The molecule has 6 heteroatoms. The number of allylic oxidation sites excluding steroid dienone is 3. The molecular weight excluding hydrogens is 278 g/mol. The van der Waals surface area contributed by atoms with Gasteiger partial charge in [0.2, 0.25) is 0 Å². The van der Waals surface area contributed by atoms with Gasteiger partial charge >= 0.3 is 0 Å². The van der Waals surface area contributed by atoms with E-state index in [-0.39, 0.29) is 0 Å². The van der Waals surface area contributed by atoms with Gasteiger partial charge < -0.3 is 15.5 Å². The minimum absolute atomic E-state index is 0.366. The highest BCUT2D eigenvalue weighted by atomic mass is 16.3. The van der Waals surface area contributed by atoms with Crippen LogP contribution in [0.1, 0.15) is 25.5 Å². The first-order valence-electron chi connectivity index (χ1n) is 6.66. The summed E-state index contributed by atoms with van der Waals surface area (Å²) in [4.78, 5) is 7.62. The molecule has 0 fully saturated rings. The smallest absolute Gasteiger partial charge is 0.199 e. The van der Waals surface area contributed by atoms with Crippen LogP contribution in [0.25, 0.3) is 15.8 Å². The lowest BCUT2D eigenvalue weighted by molar-refractivity contribution is 0.534. The highest BCUT2D eigenvalue weighted by molar-refractivity contribution is 5.87. The molecule has 1 aliphatic rings. The third kappa shape index (κ3) is 1.90. The number of fused-ring (bicyclic) bond motifs is 1. The zero-order chi connectivity index (χ0) is 15.9. The Balaban J connectivity index is 2.25. The van der Waals surface area contributed by atoms with E-state index in [1.807, 2.05) is 13.8 Å². The number of anilines is 1. The average molecular weight is 291 g/mol. The molecule has 0 amide bonds. The van der Waals surface area contributed by atoms with Crippen LogP contribution in [-0.4, -0.2) is 4.98 Å². The molecule has 22 heavy (non-hydrogen) atoms. The van der Waals surface area contributed by atoms with Crippen molar-refractivity contribution in [1.29, 1.82) is 5.26 Å². The molecule has 0 spiro atoms. The molecule has 0 saturated carbocycles. The normalized spacial score (nSPS) is 18.1. The van der Waals surface area contributed by atoms with Crippen LogP contribution >= 0.6 is 0 Å². The predicted octanol–water partition coefficient (Wildman–Crippen LogP) is 3.05. The Bertz CT molecular complexity index is 884. The summed E-state index contributed by atoms with van der Waals surface area (Å²) in [5.74, 6) is 0.374. The predicted molar refractivity (Wildman–Crippen MR) is 81.9 cm³/mol. The van der Waals surface area contributed by atoms with Crippen molar-refractivity contribution in [2.75, 3.05) is 5.73 Å². The highest BCUT2D eigenvalue weighted by Gasteiger charge is 2.32. The van der Waals surface area contributed by atoms with Crippen LogP contribution in [0.5, 0.6) is 0 Å². The van der Waals surface area contributed by atoms with Crippen molar-refractivity contribution in [3.8, 4) is 6.07 Å². The Morgan fingerprint density at radius 2 is 2.23 bits per heavy atom. The fraction of sp³-hybridized carbons (Fsp3) is 0.188. The maximum Gasteiger partial charge on any atom is 0.199 e. The Labute approximate surface area is 127 Å². The van der Waals surface area contributed by atoms with Crippen molar-refractivity contribution in [3.63, 3.8) is 0 Å². The second-order valence-corrected chi connectivity index (χ2v) is 5.09. The number of hydrogen-bond acceptors (Lipinski definition) is 5. The number of nitrogens with two attached hydrogens (primary N) is 1. The number of rotatable bonds is 1. The van der Waals surface area contributed by atoms with E-state index >= 15 is 0 Å². The molecule has 0 saturated heterocycles. The van der Waals surface area contributed by atoms with Crippen molar-refractivity contribution in [2.24, 2.45) is 0 Å². The number of hydrogen-bond donors (Lipinski definition) is 2. The first-order valence-corrected chi connectivity index (χ1v) is 6.66. The van der Waals surface area contributed by atoms with Crippen LogP contribution in [0.15, 0.2) is 45.4 Å². The molecular formula is C16H13N5O. The Kier molecular flexibility index (Phi) is 3.08. The third-order valence-electron chi connectivity index (χ3n) is 3.75. The van der Waals surface area contributed by atoms with E-state index in [9.17, 15) is 5.26 Å². The van der Waals surface area contributed by atoms with Gasteiger partial charge in [0.15, 0.2) is 5.70 Å². The van der Waals surface area contributed by atoms with E-state index in [0.29, 0.717) is 33.8 Å². The number of furan rings is 1. The van der Waals surface area contributed by atoms with Crippen molar-refractivity contribution in [1.82, 2.24) is 10.3 Å². The summed E-state index contributed by atoms with van der Waals surface area (Å²) in [7, 11) is 0. The molecule has 0 aliphatic carbocycles. The number of nitriles is 1. The van der Waals surface area contributed by atoms with Gasteiger partial charge in [-0.3, -0.25) is 0 Å². The number of aromatic nitrogens is 1. The Morgan fingerprint density at radius 3 is 2.86 bits per heavy atom. The number of nitrogens with one attached hydrogen (secondary N) is 1. The molecule has 1 unspecified atom stereocenters. The van der Waals surface area contributed by atoms with Gasteiger partial charge in [-0.1, -0.05) is 0 Å². The lowest BCUT2D eigenvalue weighted by atomic mass is 9.89. The van der Waals surface area contributed by atoms with E-state index in [2.05, 4.69) is 21.2 Å². The van der Waals surface area contributed by atoms with Crippen LogP contribution in [-0.2, 0) is 0 Å². The van der Waals surface area contributed by atoms with Gasteiger partial charge in [0.25, 0.3) is 0 Å². The number of pyridine rings is 1. The van der Waals surface area contributed by atoms with Crippen molar-refractivity contribution in [2.45, 2.75) is 19.8 Å². The van der Waals surface area contributed by atoms with Crippen molar-refractivity contribution >= 4 is 16.8 Å². The quantitative estimate of drug-likeness (QED) is 0.788. The van der Waals surface area contributed by atoms with E-state index in [1.165, 1.54) is 0 Å².